The standard InChI is InChI=1S/C27H40O3.C26H27F.C26H33F.C26H34.C23H21FI/c1-19-3-5-20(6-4-19)21-7-9-24(10-8-21)27(28)30-26-17-13-23(14-18-26)22-11-15-25(29-2)16-12-22;1-18-3-7-20(8-4-18)21-11-13-22(14-12-21)24-15-16-25(26(27)17-24)23-9-5-19(2)6-10-23;1-18-3-7-20(8-4-18)21-11-13-23(14-12-21)25-16-15-24(17-26(25)27)22-9-5-19(2)6-10-22;1-19-3-7-21(8-4-19)23-11-15-25(16-12-23)26-17-13-24(14-18-26)22-9-5-20(2)6-10-22;1-3-14-25-16-18-6-10-20(11-7-18)22-13-12-21(15-23(22)24)19-8-4-17(2)5-9-19/h13-14,17-22,24-25H,3-12,15-16H2,1-2H3;5-6,9-18,20H,3-4,7-8H2,1-2H3;11-20,22H,3-10H2,1-2H3;11-22H,3-10H2,1-2H3;3-15H,16H2,1-2H3/q;;;;-1/b;;;;14-3+. The third-order valence-corrected chi connectivity index (χ3v) is 35.4. The Morgan fingerprint density at radius 1 is 0.296 bits per heavy atom. The number of benzene rings is 11. The van der Waals surface area contributed by atoms with Crippen LogP contribution in [0.15, 0.2) is 259 Å². The van der Waals surface area contributed by atoms with E-state index >= 15 is 0 Å². The Balaban J connectivity index is 0.000000129. The first-order valence-corrected chi connectivity index (χ1v) is 55.5. The minimum absolute atomic E-state index is 0.0148. The molecule has 135 heavy (non-hydrogen) atoms. The Morgan fingerprint density at radius 3 is 0.889 bits per heavy atom. The minimum Gasteiger partial charge on any atom is -0.426 e. The fraction of sp³-hybridized carbons (Fsp3) is 0.461. The summed E-state index contributed by atoms with van der Waals surface area (Å²) in [4.78, 5) is 12.7. The van der Waals surface area contributed by atoms with Gasteiger partial charge in [-0.1, -0.05) is 287 Å². The van der Waals surface area contributed by atoms with E-state index in [0.717, 1.165) is 134 Å². The molecular formula is C128H155F3IO3-. The van der Waals surface area contributed by atoms with Crippen LogP contribution in [-0.2, 0) is 14.0 Å². The first kappa shape index (κ1) is 101. The molecule has 0 unspecified atom stereocenters. The summed E-state index contributed by atoms with van der Waals surface area (Å²) in [5.41, 5.74) is 23.8. The van der Waals surface area contributed by atoms with Gasteiger partial charge in [-0.2, -0.15) is 0 Å². The Morgan fingerprint density at radius 2 is 0.556 bits per heavy atom. The second-order valence-corrected chi connectivity index (χ2v) is 45.3. The zero-order valence-corrected chi connectivity index (χ0v) is 85.3. The van der Waals surface area contributed by atoms with Gasteiger partial charge in [0.05, 0.1) is 12.0 Å². The predicted molar refractivity (Wildman–Crippen MR) is 559 cm³/mol. The van der Waals surface area contributed by atoms with Gasteiger partial charge in [0.15, 0.2) is 0 Å². The number of carbonyl (C=O) groups excluding carboxylic acids is 1. The quantitative estimate of drug-likeness (QED) is 0.0350. The van der Waals surface area contributed by atoms with E-state index in [4.69, 9.17) is 9.47 Å². The van der Waals surface area contributed by atoms with Crippen LogP contribution in [0, 0.1) is 84.6 Å². The zero-order chi connectivity index (χ0) is 94.1. The molecule has 8 aliphatic carbocycles. The molecule has 0 aliphatic heterocycles. The van der Waals surface area contributed by atoms with E-state index in [1.165, 1.54) is 230 Å². The van der Waals surface area contributed by atoms with Crippen molar-refractivity contribution in [3.8, 4) is 72.5 Å². The molecule has 19 rings (SSSR count). The Hall–Kier alpha value is -8.89. The summed E-state index contributed by atoms with van der Waals surface area (Å²) in [7, 11) is 1.82. The molecular weight excluding hydrogens is 1770 g/mol. The van der Waals surface area contributed by atoms with Crippen molar-refractivity contribution in [2.45, 2.75) is 314 Å². The number of carbonyl (C=O) groups is 1. The number of allylic oxidation sites excluding steroid dienone is 1. The van der Waals surface area contributed by atoms with Crippen LogP contribution in [0.1, 0.15) is 340 Å². The Labute approximate surface area is 821 Å². The smallest absolute Gasteiger partial charge is 0.314 e. The monoisotopic (exact) mass is 1920 g/mol. The fourth-order valence-electron chi connectivity index (χ4n) is 23.3. The Bertz CT molecular complexity index is 5380. The maximum absolute atomic E-state index is 14.9. The number of aryl methyl sites for hydroxylation is 2. The average molecular weight is 1930 g/mol. The summed E-state index contributed by atoms with van der Waals surface area (Å²) in [6.07, 6.45) is 43.8. The van der Waals surface area contributed by atoms with Crippen LogP contribution < -0.4 is 25.9 Å². The van der Waals surface area contributed by atoms with Gasteiger partial charge in [-0.05, 0) is 316 Å². The van der Waals surface area contributed by atoms with Crippen LogP contribution in [-0.4, -0.2) is 19.2 Å². The molecule has 0 aromatic heterocycles. The molecule has 8 fully saturated rings. The van der Waals surface area contributed by atoms with E-state index in [0.29, 0.717) is 46.7 Å². The van der Waals surface area contributed by atoms with E-state index < -0.39 is 0 Å². The molecule has 8 saturated carbocycles. The van der Waals surface area contributed by atoms with Crippen molar-refractivity contribution < 1.29 is 48.6 Å². The van der Waals surface area contributed by atoms with E-state index in [1.807, 2.05) is 105 Å². The van der Waals surface area contributed by atoms with E-state index in [1.54, 1.807) is 29.3 Å². The topological polar surface area (TPSA) is 35.5 Å². The molecule has 0 radical (unpaired) electrons. The maximum Gasteiger partial charge on any atom is 0.314 e. The molecule has 11 aromatic carbocycles. The molecule has 0 bridgehead atoms. The van der Waals surface area contributed by atoms with Crippen LogP contribution in [0.5, 0.6) is 5.75 Å². The molecule has 8 aliphatic rings. The van der Waals surface area contributed by atoms with Gasteiger partial charge in [-0.25, -0.2) is 8.78 Å². The molecule has 0 heterocycles. The van der Waals surface area contributed by atoms with Crippen molar-refractivity contribution in [1.29, 1.82) is 0 Å². The first-order valence-electron chi connectivity index (χ1n) is 52.7. The van der Waals surface area contributed by atoms with Crippen LogP contribution in [0.4, 0.5) is 13.2 Å². The molecule has 3 nitrogen and oxygen atoms in total. The molecule has 714 valence electrons. The van der Waals surface area contributed by atoms with Crippen LogP contribution in [0.3, 0.4) is 0 Å². The molecule has 0 saturated heterocycles. The number of esters is 1. The zero-order valence-electron chi connectivity index (χ0n) is 83.1. The summed E-state index contributed by atoms with van der Waals surface area (Å²) in [6, 6.07) is 86.1. The molecule has 0 amide bonds. The van der Waals surface area contributed by atoms with Crippen molar-refractivity contribution in [3.63, 3.8) is 0 Å². The number of hydrogen-bond donors (Lipinski definition) is 0. The third kappa shape index (κ3) is 28.7. The number of halogens is 4. The largest absolute Gasteiger partial charge is 0.426 e. The molecule has 11 aromatic rings. The second kappa shape index (κ2) is 50.1. The van der Waals surface area contributed by atoms with E-state index in [-0.39, 0.29) is 50.5 Å². The number of ether oxygens (including phenoxy) is 2. The van der Waals surface area contributed by atoms with Crippen LogP contribution in [0.2, 0.25) is 0 Å². The first-order chi connectivity index (χ1) is 65.7. The fourth-order valence-corrected chi connectivity index (χ4v) is 25.1. The van der Waals surface area contributed by atoms with Gasteiger partial charge >= 0.3 is 153 Å². The Kier molecular flexibility index (Phi) is 37.3. The van der Waals surface area contributed by atoms with Gasteiger partial charge in [0.25, 0.3) is 0 Å². The normalized spacial score (nSPS) is 25.3. The number of alkyl halides is 1. The van der Waals surface area contributed by atoms with E-state index in [2.05, 4.69) is 205 Å². The van der Waals surface area contributed by atoms with Crippen molar-refractivity contribution in [3.05, 3.63) is 326 Å². The van der Waals surface area contributed by atoms with Gasteiger partial charge in [-0.15, -0.1) is 0 Å². The van der Waals surface area contributed by atoms with Crippen molar-refractivity contribution in [2.75, 3.05) is 7.11 Å². The molecule has 7 heteroatoms. The summed E-state index contributed by atoms with van der Waals surface area (Å²) in [5.74, 6) is 11.6. The molecule has 0 N–H and O–H groups in total. The van der Waals surface area contributed by atoms with Crippen molar-refractivity contribution in [2.24, 2.45) is 53.3 Å². The van der Waals surface area contributed by atoms with Crippen molar-refractivity contribution >= 4 is 5.97 Å². The van der Waals surface area contributed by atoms with Crippen molar-refractivity contribution in [1.82, 2.24) is 0 Å². The van der Waals surface area contributed by atoms with Gasteiger partial charge in [-0.3, -0.25) is 4.79 Å². The third-order valence-electron chi connectivity index (χ3n) is 32.9. The SMILES string of the molecule is C/C=C/[I-]Cc1ccc(-c2ccc(-c3ccc(C)cc3)cc2F)cc1.CC1CCC(c2ccc(-c3ccc(C4CCC(C)CC4)cc3)cc2)CC1.CC1CCC(c2ccc(-c3ccc(C4CCC(C)CC4)cc3F)cc2)CC1.COC1CCC(c2ccc(OC(=O)C3CCC(C4CCC(C)CC4)CC3)cc2)CC1.Cc1ccc(-c2ccc(-c3ccc(C4CCC(C)CC4)cc3)cc2F)cc1. The molecule has 0 spiro atoms. The minimum atomic E-state index is -0.174. The number of hydrogen-bond acceptors (Lipinski definition) is 3. The molecule has 0 atom stereocenters. The van der Waals surface area contributed by atoms with Gasteiger partial charge in [0.1, 0.15) is 17.4 Å². The summed E-state index contributed by atoms with van der Waals surface area (Å²) >= 11 is 0.0869. The van der Waals surface area contributed by atoms with Gasteiger partial charge in [0.2, 0.25) is 0 Å². The summed E-state index contributed by atoms with van der Waals surface area (Å²) < 4.78 is 58.9. The van der Waals surface area contributed by atoms with Gasteiger partial charge in [0, 0.05) is 18.2 Å². The number of methoxy groups -OCH3 is 1. The number of rotatable bonds is 19. The van der Waals surface area contributed by atoms with Crippen LogP contribution in [0.25, 0.3) is 66.8 Å². The predicted octanol–water partition coefficient (Wildman–Crippen LogP) is 34.3. The maximum atomic E-state index is 14.9. The van der Waals surface area contributed by atoms with E-state index in [9.17, 15) is 18.0 Å². The summed E-state index contributed by atoms with van der Waals surface area (Å²) in [6.45, 7) is 20.4. The van der Waals surface area contributed by atoms with Gasteiger partial charge < -0.3 is 9.47 Å². The second-order valence-electron chi connectivity index (χ2n) is 42.9. The van der Waals surface area contributed by atoms with Crippen LogP contribution >= 0.6 is 0 Å². The summed E-state index contributed by atoms with van der Waals surface area (Å²) in [5, 5.41) is 0. The average Bonchev–Trinajstić information content (AvgIpc) is 0.796.